The van der Waals surface area contributed by atoms with Gasteiger partial charge in [-0.15, -0.1) is 17.5 Å². The zero-order valence-corrected chi connectivity index (χ0v) is 33.1. The van der Waals surface area contributed by atoms with Gasteiger partial charge in [0, 0.05) is 68.0 Å². The first kappa shape index (κ1) is 38.7. The van der Waals surface area contributed by atoms with Gasteiger partial charge in [0.05, 0.1) is 11.5 Å². The molecule has 6 heteroatoms. The molecule has 0 spiro atoms. The molecule has 0 amide bonds. The summed E-state index contributed by atoms with van der Waals surface area (Å²) in [6.45, 7) is 18.6. The standard InChI is InChI=1S/C29H28NO2.C14H26O2.Ir/c1-29(2,3)17-24-22-7-5-4-6-19(22)15-23-27-26-20(8-11-30-27)14-21(16-25(26)32-28(23)24)18-9-12-31-13-10-18;1-6-11(7-2)12(15)10-13(16)14(5,8-3)9-4;/h4-8,11,14,16,18H,9-10,12-13,17H2,1-3H3;10-11,15H,6-9H2,1-5H3;/q-1;;/b;12-10-;. The molecule has 5 nitrogen and oxygen atoms in total. The van der Waals surface area contributed by atoms with Gasteiger partial charge in [-0.25, -0.2) is 0 Å². The van der Waals surface area contributed by atoms with E-state index in [0.29, 0.717) is 5.92 Å². The molecule has 0 aliphatic carbocycles. The first-order valence-corrected chi connectivity index (χ1v) is 18.0. The number of benzene rings is 3. The summed E-state index contributed by atoms with van der Waals surface area (Å²) < 4.78 is 12.4. The van der Waals surface area contributed by atoms with E-state index in [1.165, 1.54) is 28.0 Å². The second kappa shape index (κ2) is 16.3. The number of hydrogen-bond acceptors (Lipinski definition) is 5. The van der Waals surface area contributed by atoms with E-state index in [1.54, 1.807) is 0 Å². The molecule has 1 radical (unpaired) electrons. The van der Waals surface area contributed by atoms with Crippen LogP contribution in [0.3, 0.4) is 0 Å². The van der Waals surface area contributed by atoms with Gasteiger partial charge in [-0.05, 0) is 79.4 Å². The van der Waals surface area contributed by atoms with Crippen molar-refractivity contribution in [1.29, 1.82) is 0 Å². The largest absolute Gasteiger partial charge is 0.512 e. The minimum atomic E-state index is -0.319. The first-order valence-electron chi connectivity index (χ1n) is 18.0. The Labute approximate surface area is 307 Å². The third-order valence-electron chi connectivity index (χ3n) is 10.5. The Morgan fingerprint density at radius 2 is 1.69 bits per heavy atom. The molecule has 0 unspecified atom stereocenters. The van der Waals surface area contributed by atoms with Gasteiger partial charge in [-0.3, -0.25) is 9.78 Å². The summed E-state index contributed by atoms with van der Waals surface area (Å²) in [5.74, 6) is 2.81. The Morgan fingerprint density at radius 1 is 1.02 bits per heavy atom. The van der Waals surface area contributed by atoms with Crippen LogP contribution in [0.5, 0.6) is 11.5 Å². The quantitative estimate of drug-likeness (QED) is 0.0910. The molecule has 1 aromatic heterocycles. The van der Waals surface area contributed by atoms with Gasteiger partial charge in [0.2, 0.25) is 0 Å². The van der Waals surface area contributed by atoms with Crippen LogP contribution in [0.4, 0.5) is 0 Å². The molecule has 2 aliphatic rings. The van der Waals surface area contributed by atoms with E-state index in [2.05, 4.69) is 69.3 Å². The third kappa shape index (κ3) is 8.47. The molecule has 4 aromatic rings. The molecule has 3 aromatic carbocycles. The number of nitrogens with zero attached hydrogens (tertiary/aromatic N) is 1. The number of aliphatic hydroxyl groups is 1. The predicted octanol–water partition coefficient (Wildman–Crippen LogP) is 11.7. The average Bonchev–Trinajstić information content (AvgIpc) is 3.09. The number of pyridine rings is 1. The van der Waals surface area contributed by atoms with Crippen LogP contribution in [0.15, 0.2) is 60.5 Å². The van der Waals surface area contributed by atoms with Crippen LogP contribution in [0, 0.1) is 22.8 Å². The van der Waals surface area contributed by atoms with Crippen LogP contribution in [0.1, 0.15) is 111 Å². The number of ether oxygens (including phenoxy) is 2. The van der Waals surface area contributed by atoms with Crippen LogP contribution in [0.2, 0.25) is 0 Å². The van der Waals surface area contributed by atoms with Crippen molar-refractivity contribution in [2.45, 2.75) is 106 Å². The van der Waals surface area contributed by atoms with E-state index >= 15 is 0 Å². The number of hydrogen-bond donors (Lipinski definition) is 1. The van der Waals surface area contributed by atoms with Gasteiger partial charge in [-0.1, -0.05) is 96.2 Å². The molecule has 0 saturated carbocycles. The number of aromatic nitrogens is 1. The van der Waals surface area contributed by atoms with Gasteiger partial charge in [0.1, 0.15) is 5.75 Å². The second-order valence-corrected chi connectivity index (χ2v) is 15.1. The van der Waals surface area contributed by atoms with Crippen molar-refractivity contribution in [2.75, 3.05) is 13.2 Å². The molecule has 49 heavy (non-hydrogen) atoms. The first-order chi connectivity index (χ1) is 22.9. The predicted molar refractivity (Wildman–Crippen MR) is 198 cm³/mol. The smallest absolute Gasteiger partial charge is 0.164 e. The van der Waals surface area contributed by atoms with Gasteiger partial charge < -0.3 is 14.6 Å². The summed E-state index contributed by atoms with van der Waals surface area (Å²) in [5, 5.41) is 14.5. The number of rotatable bonds is 9. The van der Waals surface area contributed by atoms with E-state index < -0.39 is 0 Å². The molecule has 2 aliphatic heterocycles. The van der Waals surface area contributed by atoms with Crippen molar-refractivity contribution in [3.63, 3.8) is 0 Å². The molecule has 0 atom stereocenters. The monoisotopic (exact) mass is 841 g/mol. The van der Waals surface area contributed by atoms with Crippen molar-refractivity contribution in [3.05, 3.63) is 77.7 Å². The number of carbonyl (C=O) groups is 1. The Morgan fingerprint density at radius 3 is 2.33 bits per heavy atom. The molecular formula is C43H54IrNO4-. The molecule has 1 fully saturated rings. The molecular weight excluding hydrogens is 787 g/mol. The van der Waals surface area contributed by atoms with Crippen LogP contribution >= 0.6 is 0 Å². The Bertz CT molecular complexity index is 1790. The van der Waals surface area contributed by atoms with Gasteiger partial charge in [0.25, 0.3) is 0 Å². The summed E-state index contributed by atoms with van der Waals surface area (Å²) in [5.41, 5.74) is 4.38. The number of aliphatic hydroxyl groups excluding tert-OH is 1. The Hall–Kier alpha value is -3.05. The summed E-state index contributed by atoms with van der Waals surface area (Å²) in [7, 11) is 0. The number of fused-ring (bicyclic) bond motifs is 3. The summed E-state index contributed by atoms with van der Waals surface area (Å²) in [4.78, 5) is 16.9. The van der Waals surface area contributed by atoms with E-state index in [1.807, 2.05) is 40.8 Å². The molecule has 265 valence electrons. The normalized spacial score (nSPS) is 14.9. The summed E-state index contributed by atoms with van der Waals surface area (Å²) in [6.07, 6.45) is 9.81. The molecule has 3 heterocycles. The summed E-state index contributed by atoms with van der Waals surface area (Å²) in [6, 6.07) is 18.9. The van der Waals surface area contributed by atoms with E-state index in [-0.39, 0.29) is 48.4 Å². The SMILES string of the molecule is CC(C)(C)Cc1c2c([c-]c3ccccc13)-c1nccc3cc(C4CCOCC4)cc(c13)O2.CCC(CC)/C(O)=C/C(=O)C(C)(CC)CC.[Ir]. The molecule has 1 saturated heterocycles. The fourth-order valence-electron chi connectivity index (χ4n) is 6.98. The van der Waals surface area contributed by atoms with Crippen LogP contribution in [0.25, 0.3) is 32.8 Å². The topological polar surface area (TPSA) is 68.7 Å². The van der Waals surface area contributed by atoms with Gasteiger partial charge in [0.15, 0.2) is 5.78 Å². The van der Waals surface area contributed by atoms with E-state index in [9.17, 15) is 9.90 Å². The molecule has 6 rings (SSSR count). The Balaban J connectivity index is 0.000000274. The maximum atomic E-state index is 12.0. The molecule has 0 bridgehead atoms. The van der Waals surface area contributed by atoms with Crippen molar-refractivity contribution in [3.8, 4) is 22.8 Å². The maximum absolute atomic E-state index is 12.0. The fraction of sp³-hybridized carbons (Fsp3) is 0.488. The van der Waals surface area contributed by atoms with Crippen molar-refractivity contribution in [2.24, 2.45) is 16.7 Å². The Kier molecular flexibility index (Phi) is 12.9. The summed E-state index contributed by atoms with van der Waals surface area (Å²) >= 11 is 0. The van der Waals surface area contributed by atoms with Gasteiger partial charge >= 0.3 is 0 Å². The zero-order chi connectivity index (χ0) is 34.6. The minimum Gasteiger partial charge on any atom is -0.512 e. The number of carbonyl (C=O) groups excluding carboxylic acids is 1. The average molecular weight is 841 g/mol. The second-order valence-electron chi connectivity index (χ2n) is 15.1. The van der Waals surface area contributed by atoms with E-state index in [0.717, 1.165) is 91.7 Å². The molecule has 1 N–H and O–H groups in total. The van der Waals surface area contributed by atoms with Crippen molar-refractivity contribution < 1.29 is 39.5 Å². The van der Waals surface area contributed by atoms with Crippen LogP contribution in [-0.2, 0) is 36.1 Å². The fourth-order valence-corrected chi connectivity index (χ4v) is 6.98. The minimum absolute atomic E-state index is 0. The van der Waals surface area contributed by atoms with Gasteiger partial charge in [-0.2, -0.15) is 0 Å². The van der Waals surface area contributed by atoms with Crippen LogP contribution in [-0.4, -0.2) is 29.1 Å². The zero-order valence-electron chi connectivity index (χ0n) is 30.7. The number of ketones is 1. The van der Waals surface area contributed by atoms with Crippen LogP contribution < -0.4 is 4.74 Å². The maximum Gasteiger partial charge on any atom is 0.164 e. The third-order valence-corrected chi connectivity index (χ3v) is 10.5. The van der Waals surface area contributed by atoms with Crippen molar-refractivity contribution >= 4 is 27.3 Å². The van der Waals surface area contributed by atoms with Crippen molar-refractivity contribution in [1.82, 2.24) is 4.98 Å². The van der Waals surface area contributed by atoms with E-state index in [4.69, 9.17) is 14.5 Å². The number of allylic oxidation sites excluding steroid dienone is 2.